The fraction of sp³-hybridized carbons (Fsp3) is 0.375. The summed E-state index contributed by atoms with van der Waals surface area (Å²) in [5.74, 6) is -0.126. The molecule has 0 aromatic heterocycles. The van der Waals surface area contributed by atoms with Gasteiger partial charge in [-0.25, -0.2) is 4.99 Å². The summed E-state index contributed by atoms with van der Waals surface area (Å²) in [5, 5.41) is 8.83. The Balaban J connectivity index is 1.77. The summed E-state index contributed by atoms with van der Waals surface area (Å²) in [7, 11) is 0. The maximum Gasteiger partial charge on any atom is 0.258 e. The average Bonchev–Trinajstić information content (AvgIpc) is 3.27. The second-order valence-electron chi connectivity index (χ2n) is 7.66. The number of aryl methyl sites for hydroxylation is 2. The highest BCUT2D eigenvalue weighted by Crippen LogP contribution is 2.17. The molecule has 2 aromatic carbocycles. The summed E-state index contributed by atoms with van der Waals surface area (Å²) in [6.45, 7) is 6.65. The third-order valence-corrected chi connectivity index (χ3v) is 5.14. The van der Waals surface area contributed by atoms with E-state index in [0.717, 1.165) is 37.1 Å². The minimum Gasteiger partial charge on any atom is -0.376 e. The van der Waals surface area contributed by atoms with E-state index >= 15 is 0 Å². The first kappa shape index (κ1) is 22.5. The van der Waals surface area contributed by atoms with Gasteiger partial charge in [0, 0.05) is 30.5 Å². The second kappa shape index (κ2) is 10.7. The lowest BCUT2D eigenvalue weighted by molar-refractivity contribution is -0.114. The molecule has 0 aliphatic carbocycles. The molecule has 0 bridgehead atoms. The molecule has 1 aliphatic rings. The predicted octanol–water partition coefficient (Wildman–Crippen LogP) is 3.89. The van der Waals surface area contributed by atoms with Crippen LogP contribution in [0, 0.1) is 6.92 Å². The molecular formula is C24H30N4O3. The number of anilines is 2. The van der Waals surface area contributed by atoms with Gasteiger partial charge in [-0.1, -0.05) is 25.1 Å². The van der Waals surface area contributed by atoms with Gasteiger partial charge in [0.05, 0.1) is 12.6 Å². The van der Waals surface area contributed by atoms with Gasteiger partial charge >= 0.3 is 0 Å². The van der Waals surface area contributed by atoms with Gasteiger partial charge < -0.3 is 15.4 Å². The van der Waals surface area contributed by atoms with Crippen LogP contribution in [0.3, 0.4) is 0 Å². The van der Waals surface area contributed by atoms with Crippen molar-refractivity contribution in [1.29, 1.82) is 0 Å². The van der Waals surface area contributed by atoms with Crippen LogP contribution in [0.5, 0.6) is 0 Å². The smallest absolute Gasteiger partial charge is 0.258 e. The van der Waals surface area contributed by atoms with Crippen molar-refractivity contribution in [1.82, 2.24) is 5.32 Å². The van der Waals surface area contributed by atoms with Gasteiger partial charge in [-0.15, -0.1) is 0 Å². The number of amides is 2. The van der Waals surface area contributed by atoms with E-state index in [4.69, 9.17) is 4.74 Å². The average molecular weight is 423 g/mol. The van der Waals surface area contributed by atoms with Crippen LogP contribution in [-0.2, 0) is 16.0 Å². The molecule has 1 heterocycles. The number of ether oxygens (including phenoxy) is 1. The standard InChI is InChI=1S/C24H30N4O3/c1-4-18-8-11-20(12-9-18)27-24(25-15-21-6-5-13-31-21)28-23(30)19-10-7-16(2)22(14-19)26-17(3)29/h7-12,14,21H,4-6,13,15H2,1-3H3,(H,26,29)(H2,25,27,28,30)/t21-/m0/s1. The molecule has 0 spiro atoms. The van der Waals surface area contributed by atoms with Crippen molar-refractivity contribution in [2.45, 2.75) is 46.1 Å². The van der Waals surface area contributed by atoms with E-state index in [9.17, 15) is 9.59 Å². The Morgan fingerprint density at radius 3 is 2.55 bits per heavy atom. The number of aliphatic imine (C=N–C) groups is 1. The maximum atomic E-state index is 12.9. The molecule has 2 aromatic rings. The number of carbonyl (C=O) groups is 2. The first-order valence-corrected chi connectivity index (χ1v) is 10.7. The number of rotatable bonds is 6. The zero-order valence-electron chi connectivity index (χ0n) is 18.3. The molecule has 0 saturated carbocycles. The Morgan fingerprint density at radius 2 is 1.90 bits per heavy atom. The summed E-state index contributed by atoms with van der Waals surface area (Å²) in [5.41, 5.74) is 4.00. The van der Waals surface area contributed by atoms with Crippen LogP contribution in [0.25, 0.3) is 0 Å². The fourth-order valence-corrected chi connectivity index (χ4v) is 3.32. The molecule has 7 heteroatoms. The summed E-state index contributed by atoms with van der Waals surface area (Å²) in [4.78, 5) is 28.9. The van der Waals surface area contributed by atoms with Gasteiger partial charge in [-0.2, -0.15) is 0 Å². The molecule has 1 aliphatic heterocycles. The number of hydrogen-bond donors (Lipinski definition) is 3. The van der Waals surface area contributed by atoms with Crippen LogP contribution in [0.2, 0.25) is 0 Å². The van der Waals surface area contributed by atoms with Crippen LogP contribution in [-0.4, -0.2) is 37.0 Å². The number of nitrogens with one attached hydrogen (secondary N) is 3. The van der Waals surface area contributed by atoms with Crippen LogP contribution in [0.1, 0.15) is 48.2 Å². The number of nitrogens with zero attached hydrogens (tertiary/aromatic N) is 1. The molecule has 3 rings (SSSR count). The lowest BCUT2D eigenvalue weighted by Crippen LogP contribution is -2.36. The minimum absolute atomic E-state index is 0.0712. The van der Waals surface area contributed by atoms with Crippen molar-refractivity contribution in [3.8, 4) is 0 Å². The Labute approximate surface area is 183 Å². The van der Waals surface area contributed by atoms with Gasteiger partial charge in [0.2, 0.25) is 11.9 Å². The Hall–Kier alpha value is -3.19. The quantitative estimate of drug-likeness (QED) is 0.486. The van der Waals surface area contributed by atoms with E-state index < -0.39 is 0 Å². The molecule has 7 nitrogen and oxygen atoms in total. The van der Waals surface area contributed by atoms with Crippen molar-refractivity contribution in [2.24, 2.45) is 4.99 Å². The van der Waals surface area contributed by atoms with Gasteiger partial charge in [0.15, 0.2) is 0 Å². The van der Waals surface area contributed by atoms with Crippen molar-refractivity contribution in [3.05, 3.63) is 59.2 Å². The fourth-order valence-electron chi connectivity index (χ4n) is 3.32. The largest absolute Gasteiger partial charge is 0.376 e. The third kappa shape index (κ3) is 6.65. The zero-order chi connectivity index (χ0) is 22.2. The topological polar surface area (TPSA) is 91.8 Å². The number of hydrogen-bond acceptors (Lipinski definition) is 4. The van der Waals surface area contributed by atoms with E-state index in [1.165, 1.54) is 12.5 Å². The summed E-state index contributed by atoms with van der Waals surface area (Å²) in [6.07, 6.45) is 3.03. The number of guanidine groups is 1. The molecule has 2 amide bonds. The molecule has 0 radical (unpaired) electrons. The Bertz CT molecular complexity index is 948. The van der Waals surface area contributed by atoms with Gasteiger partial charge in [-0.3, -0.25) is 14.9 Å². The highest BCUT2D eigenvalue weighted by molar-refractivity contribution is 6.10. The lowest BCUT2D eigenvalue weighted by atomic mass is 10.1. The van der Waals surface area contributed by atoms with Gasteiger partial charge in [-0.05, 0) is 61.6 Å². The Kier molecular flexibility index (Phi) is 7.78. The third-order valence-electron chi connectivity index (χ3n) is 5.14. The molecule has 1 atom stereocenters. The van der Waals surface area contributed by atoms with Crippen molar-refractivity contribution in [3.63, 3.8) is 0 Å². The molecule has 1 fully saturated rings. The van der Waals surface area contributed by atoms with Crippen molar-refractivity contribution in [2.75, 3.05) is 23.8 Å². The number of carbonyl (C=O) groups excluding carboxylic acids is 2. The van der Waals surface area contributed by atoms with E-state index in [0.29, 0.717) is 23.8 Å². The Morgan fingerprint density at radius 1 is 1.13 bits per heavy atom. The van der Waals surface area contributed by atoms with Crippen LogP contribution < -0.4 is 16.0 Å². The molecule has 1 saturated heterocycles. The summed E-state index contributed by atoms with van der Waals surface area (Å²) >= 11 is 0. The van der Waals surface area contributed by atoms with E-state index in [1.807, 2.05) is 31.2 Å². The first-order valence-electron chi connectivity index (χ1n) is 10.7. The van der Waals surface area contributed by atoms with Crippen LogP contribution in [0.4, 0.5) is 11.4 Å². The lowest BCUT2D eigenvalue weighted by Gasteiger charge is -2.14. The van der Waals surface area contributed by atoms with Crippen LogP contribution >= 0.6 is 0 Å². The second-order valence-corrected chi connectivity index (χ2v) is 7.66. The molecule has 31 heavy (non-hydrogen) atoms. The summed E-state index contributed by atoms with van der Waals surface area (Å²) in [6, 6.07) is 13.2. The van der Waals surface area contributed by atoms with Crippen molar-refractivity contribution >= 4 is 29.1 Å². The summed E-state index contributed by atoms with van der Waals surface area (Å²) < 4.78 is 5.65. The molecular weight excluding hydrogens is 392 g/mol. The highest BCUT2D eigenvalue weighted by Gasteiger charge is 2.16. The number of benzene rings is 2. The highest BCUT2D eigenvalue weighted by atomic mass is 16.5. The van der Waals surface area contributed by atoms with E-state index in [-0.39, 0.29) is 17.9 Å². The van der Waals surface area contributed by atoms with Gasteiger partial charge in [0.25, 0.3) is 5.91 Å². The maximum absolute atomic E-state index is 12.9. The van der Waals surface area contributed by atoms with E-state index in [1.54, 1.807) is 18.2 Å². The van der Waals surface area contributed by atoms with E-state index in [2.05, 4.69) is 27.9 Å². The first-order chi connectivity index (χ1) is 14.9. The minimum atomic E-state index is -0.310. The SMILES string of the molecule is CCc1ccc(NC(=NC[C@@H]2CCCO2)NC(=O)c2ccc(C)c(NC(C)=O)c2)cc1. The zero-order valence-corrected chi connectivity index (χ0v) is 18.3. The van der Waals surface area contributed by atoms with Crippen molar-refractivity contribution < 1.29 is 14.3 Å². The monoisotopic (exact) mass is 422 g/mol. The van der Waals surface area contributed by atoms with Crippen LogP contribution in [0.15, 0.2) is 47.5 Å². The van der Waals surface area contributed by atoms with Gasteiger partial charge in [0.1, 0.15) is 0 Å². The molecule has 0 unspecified atom stereocenters. The normalized spacial score (nSPS) is 16.1. The molecule has 164 valence electrons. The predicted molar refractivity (Wildman–Crippen MR) is 124 cm³/mol. The molecule has 3 N–H and O–H groups in total.